The minimum atomic E-state index is -3.92. The third kappa shape index (κ3) is 8.66. The SMILES string of the molecule is CCCCCC1CCC(C=Cc2ccc(-c3ccc(C(F)(F)Oc4cc(F)c(OC=C(F)F)c(F)c4)cc3)cc2)CC1. The fourth-order valence-electron chi connectivity index (χ4n) is 5.26. The van der Waals surface area contributed by atoms with Crippen molar-refractivity contribution in [3.05, 3.63) is 102 Å². The van der Waals surface area contributed by atoms with Crippen LogP contribution in [0.15, 0.2) is 79.1 Å². The third-order valence-corrected chi connectivity index (χ3v) is 7.62. The van der Waals surface area contributed by atoms with E-state index in [2.05, 4.69) is 28.5 Å². The van der Waals surface area contributed by atoms with Gasteiger partial charge in [-0.15, -0.1) is 0 Å². The first-order chi connectivity index (χ1) is 20.1. The minimum Gasteiger partial charge on any atom is -0.453 e. The van der Waals surface area contributed by atoms with Crippen molar-refractivity contribution >= 4 is 6.08 Å². The molecule has 0 bridgehead atoms. The summed E-state index contributed by atoms with van der Waals surface area (Å²) in [7, 11) is 0. The lowest BCUT2D eigenvalue weighted by Crippen LogP contribution is -2.22. The molecule has 0 amide bonds. The molecule has 0 saturated heterocycles. The fraction of sp³-hybridized carbons (Fsp3) is 0.353. The van der Waals surface area contributed by atoms with E-state index in [0.29, 0.717) is 23.6 Å². The van der Waals surface area contributed by atoms with Crippen molar-refractivity contribution in [2.75, 3.05) is 0 Å². The summed E-state index contributed by atoms with van der Waals surface area (Å²) in [5.74, 6) is -3.47. The van der Waals surface area contributed by atoms with Gasteiger partial charge in [0.25, 0.3) is 0 Å². The molecular weight excluding hydrogens is 554 g/mol. The van der Waals surface area contributed by atoms with Crippen LogP contribution in [0.3, 0.4) is 0 Å². The molecule has 2 nitrogen and oxygen atoms in total. The van der Waals surface area contributed by atoms with Crippen molar-refractivity contribution in [1.29, 1.82) is 0 Å². The zero-order valence-electron chi connectivity index (χ0n) is 23.4. The molecule has 0 radical (unpaired) electrons. The number of allylic oxidation sites excluding steroid dienone is 1. The lowest BCUT2D eigenvalue weighted by atomic mass is 9.79. The van der Waals surface area contributed by atoms with Gasteiger partial charge in [-0.2, -0.15) is 17.6 Å². The quantitative estimate of drug-likeness (QED) is 0.119. The van der Waals surface area contributed by atoms with E-state index >= 15 is 0 Å². The molecule has 224 valence electrons. The summed E-state index contributed by atoms with van der Waals surface area (Å²) in [5, 5.41) is 0. The molecule has 3 aromatic carbocycles. The van der Waals surface area contributed by atoms with Crippen LogP contribution in [-0.2, 0) is 6.11 Å². The van der Waals surface area contributed by atoms with Gasteiger partial charge in [-0.1, -0.05) is 81.2 Å². The number of ether oxygens (including phenoxy) is 2. The maximum absolute atomic E-state index is 14.8. The molecule has 1 saturated carbocycles. The molecule has 3 aromatic rings. The first-order valence-electron chi connectivity index (χ1n) is 14.3. The van der Waals surface area contributed by atoms with Crippen molar-refractivity contribution in [3.63, 3.8) is 0 Å². The average molecular weight is 589 g/mol. The Morgan fingerprint density at radius 3 is 2.02 bits per heavy atom. The summed E-state index contributed by atoms with van der Waals surface area (Å²) in [6, 6.07) is 14.0. The summed E-state index contributed by atoms with van der Waals surface area (Å²) in [5.41, 5.74) is 2.09. The molecule has 1 fully saturated rings. The van der Waals surface area contributed by atoms with Gasteiger partial charge >= 0.3 is 12.2 Å². The highest BCUT2D eigenvalue weighted by molar-refractivity contribution is 5.66. The van der Waals surface area contributed by atoms with Crippen LogP contribution in [0.2, 0.25) is 0 Å². The number of hydrogen-bond acceptors (Lipinski definition) is 2. The van der Waals surface area contributed by atoms with Gasteiger partial charge in [-0.05, 0) is 66.3 Å². The van der Waals surface area contributed by atoms with E-state index in [1.165, 1.54) is 75.6 Å². The molecule has 1 aliphatic rings. The Hall–Kier alpha value is -3.68. The van der Waals surface area contributed by atoms with Crippen LogP contribution in [0.25, 0.3) is 17.2 Å². The molecular formula is C34H34F6O2. The van der Waals surface area contributed by atoms with Crippen LogP contribution < -0.4 is 9.47 Å². The Balaban J connectivity index is 1.34. The number of benzene rings is 3. The highest BCUT2D eigenvalue weighted by atomic mass is 19.3. The Kier molecular flexibility index (Phi) is 10.8. The summed E-state index contributed by atoms with van der Waals surface area (Å²) in [6.45, 7) is 2.24. The largest absolute Gasteiger partial charge is 0.453 e. The van der Waals surface area contributed by atoms with Crippen LogP contribution in [0.5, 0.6) is 11.5 Å². The van der Waals surface area contributed by atoms with Crippen LogP contribution in [0.1, 0.15) is 69.4 Å². The highest BCUT2D eigenvalue weighted by Gasteiger charge is 2.35. The minimum absolute atomic E-state index is 0.163. The smallest absolute Gasteiger partial charge is 0.426 e. The standard InChI is InChI=1S/C34H34F6O2/c1-2-3-4-5-23-6-8-24(9-7-23)10-11-25-12-14-26(15-13-25)27-16-18-28(19-17-27)34(39,40)42-29-20-30(35)33(31(36)21-29)41-22-32(37)38/h10-24H,2-9H2,1H3. The third-order valence-electron chi connectivity index (χ3n) is 7.62. The van der Waals surface area contributed by atoms with Gasteiger partial charge in [-0.25, -0.2) is 8.78 Å². The van der Waals surface area contributed by atoms with Crippen molar-refractivity contribution in [1.82, 2.24) is 0 Å². The van der Waals surface area contributed by atoms with Crippen molar-refractivity contribution in [2.24, 2.45) is 11.8 Å². The molecule has 42 heavy (non-hydrogen) atoms. The normalized spacial score (nSPS) is 17.3. The van der Waals surface area contributed by atoms with Crippen LogP contribution in [0, 0.1) is 23.5 Å². The van der Waals surface area contributed by atoms with Gasteiger partial charge < -0.3 is 9.47 Å². The lowest BCUT2D eigenvalue weighted by Gasteiger charge is -2.26. The molecule has 0 atom stereocenters. The first kappa shape index (κ1) is 31.3. The second-order valence-corrected chi connectivity index (χ2v) is 10.7. The van der Waals surface area contributed by atoms with Crippen LogP contribution >= 0.6 is 0 Å². The van der Waals surface area contributed by atoms with Crippen molar-refractivity contribution in [3.8, 4) is 22.6 Å². The Labute approximate surface area is 242 Å². The molecule has 0 aromatic heterocycles. The maximum atomic E-state index is 14.8. The zero-order chi connectivity index (χ0) is 30.1. The summed E-state index contributed by atoms with van der Waals surface area (Å²) >= 11 is 0. The number of unbranched alkanes of at least 4 members (excludes halogenated alkanes) is 2. The number of halogens is 6. The lowest BCUT2D eigenvalue weighted by molar-refractivity contribution is -0.185. The molecule has 0 spiro atoms. The summed E-state index contributed by atoms with van der Waals surface area (Å²) in [4.78, 5) is 0. The van der Waals surface area contributed by atoms with Crippen LogP contribution in [-0.4, -0.2) is 0 Å². The van der Waals surface area contributed by atoms with E-state index in [9.17, 15) is 26.3 Å². The van der Waals surface area contributed by atoms with E-state index in [1.54, 1.807) is 0 Å². The second-order valence-electron chi connectivity index (χ2n) is 10.7. The fourth-order valence-corrected chi connectivity index (χ4v) is 5.26. The molecule has 1 aliphatic carbocycles. The van der Waals surface area contributed by atoms with Gasteiger partial charge in [0.2, 0.25) is 0 Å². The topological polar surface area (TPSA) is 18.5 Å². The maximum Gasteiger partial charge on any atom is 0.426 e. The van der Waals surface area contributed by atoms with Gasteiger partial charge in [0.15, 0.2) is 23.6 Å². The van der Waals surface area contributed by atoms with Gasteiger partial charge in [-0.3, -0.25) is 0 Å². The molecule has 0 unspecified atom stereocenters. The molecule has 0 aliphatic heterocycles. The van der Waals surface area contributed by atoms with E-state index in [-0.39, 0.29) is 6.26 Å². The molecule has 0 N–H and O–H groups in total. The Morgan fingerprint density at radius 2 is 1.45 bits per heavy atom. The number of hydrogen-bond donors (Lipinski definition) is 0. The van der Waals surface area contributed by atoms with E-state index in [4.69, 9.17) is 0 Å². The van der Waals surface area contributed by atoms with E-state index in [0.717, 1.165) is 17.0 Å². The molecule has 4 rings (SSSR count). The first-order valence-corrected chi connectivity index (χ1v) is 14.3. The highest BCUT2D eigenvalue weighted by Crippen LogP contribution is 2.36. The van der Waals surface area contributed by atoms with Crippen molar-refractivity contribution in [2.45, 2.75) is 64.4 Å². The van der Waals surface area contributed by atoms with Crippen molar-refractivity contribution < 1.29 is 35.8 Å². The monoisotopic (exact) mass is 588 g/mol. The average Bonchev–Trinajstić information content (AvgIpc) is 2.96. The summed E-state index contributed by atoms with van der Waals surface area (Å²) in [6.07, 6.45) is 8.39. The predicted molar refractivity (Wildman–Crippen MR) is 152 cm³/mol. The van der Waals surface area contributed by atoms with Crippen LogP contribution in [0.4, 0.5) is 26.3 Å². The van der Waals surface area contributed by atoms with E-state index < -0.39 is 40.9 Å². The number of alkyl halides is 2. The molecule has 8 heteroatoms. The van der Waals surface area contributed by atoms with Gasteiger partial charge in [0, 0.05) is 12.1 Å². The second kappa shape index (κ2) is 14.5. The number of rotatable bonds is 12. The zero-order valence-corrected chi connectivity index (χ0v) is 23.4. The Bertz CT molecular complexity index is 1330. The van der Waals surface area contributed by atoms with Gasteiger partial charge in [0.1, 0.15) is 5.75 Å². The summed E-state index contributed by atoms with van der Waals surface area (Å²) < 4.78 is 90.6. The predicted octanol–water partition coefficient (Wildman–Crippen LogP) is 11.3. The Morgan fingerprint density at radius 1 is 0.857 bits per heavy atom. The van der Waals surface area contributed by atoms with E-state index in [1.807, 2.05) is 24.3 Å². The van der Waals surface area contributed by atoms with Gasteiger partial charge in [0.05, 0.1) is 5.56 Å². The molecule has 0 heterocycles.